The van der Waals surface area contributed by atoms with Gasteiger partial charge in [0.25, 0.3) is 5.91 Å². The zero-order valence-corrected chi connectivity index (χ0v) is 9.98. The van der Waals surface area contributed by atoms with Crippen molar-refractivity contribution < 1.29 is 4.79 Å². The van der Waals surface area contributed by atoms with E-state index in [4.69, 9.17) is 0 Å². The molecule has 1 saturated carbocycles. The monoisotopic (exact) mass is 244 g/mol. The molecule has 1 N–H and O–H groups in total. The Bertz CT molecular complexity index is 509. The maximum Gasteiger partial charge on any atom is 0.253 e. The number of hydrogen-bond donors (Lipinski definition) is 1. The van der Waals surface area contributed by atoms with Gasteiger partial charge in [0, 0.05) is 17.3 Å². The molecule has 0 radical (unpaired) electrons. The summed E-state index contributed by atoms with van der Waals surface area (Å²) in [6, 6.07) is 10.6. The van der Waals surface area contributed by atoms with Crippen LogP contribution in [0.1, 0.15) is 28.3 Å². The van der Waals surface area contributed by atoms with E-state index in [9.17, 15) is 4.79 Å². The Hall–Kier alpha value is -1.68. The number of amides is 1. The van der Waals surface area contributed by atoms with Crippen molar-refractivity contribution in [3.8, 4) is 0 Å². The molecule has 1 fully saturated rings. The van der Waals surface area contributed by atoms with Crippen molar-refractivity contribution in [2.45, 2.75) is 18.4 Å². The van der Waals surface area contributed by atoms with Crippen molar-refractivity contribution in [3.05, 3.63) is 53.0 Å². The van der Waals surface area contributed by atoms with E-state index >= 15 is 0 Å². The van der Waals surface area contributed by atoms with Gasteiger partial charge in [-0.1, -0.05) is 30.3 Å². The topological polar surface area (TPSA) is 42.0 Å². The molecular weight excluding hydrogens is 232 g/mol. The number of aromatic nitrogens is 1. The molecule has 1 aromatic heterocycles. The van der Waals surface area contributed by atoms with Gasteiger partial charge in [-0.15, -0.1) is 0 Å². The smallest absolute Gasteiger partial charge is 0.253 e. The molecule has 0 aliphatic heterocycles. The average molecular weight is 244 g/mol. The summed E-state index contributed by atoms with van der Waals surface area (Å²) in [6.07, 6.45) is 2.65. The lowest BCUT2D eigenvalue weighted by molar-refractivity contribution is 0.0950. The molecule has 2 atom stereocenters. The Morgan fingerprint density at radius 3 is 2.88 bits per heavy atom. The first-order valence-corrected chi connectivity index (χ1v) is 6.43. The molecule has 0 bridgehead atoms. The van der Waals surface area contributed by atoms with Gasteiger partial charge in [0.15, 0.2) is 0 Å². The van der Waals surface area contributed by atoms with Gasteiger partial charge < -0.3 is 5.32 Å². The minimum atomic E-state index is -0.0119. The van der Waals surface area contributed by atoms with Crippen molar-refractivity contribution in [1.29, 1.82) is 0 Å². The summed E-state index contributed by atoms with van der Waals surface area (Å²) in [6.45, 7) is 0. The van der Waals surface area contributed by atoms with Crippen LogP contribution in [0.3, 0.4) is 0 Å². The van der Waals surface area contributed by atoms with Crippen LogP contribution in [0.5, 0.6) is 0 Å². The molecule has 1 aliphatic carbocycles. The summed E-state index contributed by atoms with van der Waals surface area (Å²) in [5.74, 6) is 0.467. The SMILES string of the molecule is O=C(N[C@@H]1C[C@H]1c1ccccc1)c1cnsc1. The van der Waals surface area contributed by atoms with Crippen LogP contribution < -0.4 is 5.32 Å². The van der Waals surface area contributed by atoms with Crippen LogP contribution in [-0.4, -0.2) is 16.3 Å². The van der Waals surface area contributed by atoms with Crippen LogP contribution in [0.15, 0.2) is 41.9 Å². The van der Waals surface area contributed by atoms with Crippen LogP contribution >= 0.6 is 11.5 Å². The lowest BCUT2D eigenvalue weighted by Crippen LogP contribution is -2.26. The molecule has 1 aromatic carbocycles. The van der Waals surface area contributed by atoms with Gasteiger partial charge in [-0.25, -0.2) is 4.37 Å². The molecule has 17 heavy (non-hydrogen) atoms. The van der Waals surface area contributed by atoms with Gasteiger partial charge in [-0.3, -0.25) is 4.79 Å². The molecule has 86 valence electrons. The quantitative estimate of drug-likeness (QED) is 0.901. The first kappa shape index (κ1) is 10.5. The minimum Gasteiger partial charge on any atom is -0.349 e. The fourth-order valence-corrected chi connectivity index (χ4v) is 2.51. The van der Waals surface area contributed by atoms with E-state index in [1.807, 2.05) is 18.2 Å². The molecule has 1 aliphatic rings. The second-order valence-corrected chi connectivity index (χ2v) is 4.90. The lowest BCUT2D eigenvalue weighted by Gasteiger charge is -2.02. The Morgan fingerprint density at radius 1 is 1.35 bits per heavy atom. The summed E-state index contributed by atoms with van der Waals surface area (Å²) in [5.41, 5.74) is 1.97. The third kappa shape index (κ3) is 2.22. The van der Waals surface area contributed by atoms with E-state index in [0.717, 1.165) is 6.42 Å². The van der Waals surface area contributed by atoms with Gasteiger partial charge in [-0.2, -0.15) is 0 Å². The maximum absolute atomic E-state index is 11.8. The zero-order chi connectivity index (χ0) is 11.7. The van der Waals surface area contributed by atoms with Crippen LogP contribution in [0.2, 0.25) is 0 Å². The number of nitrogens with zero attached hydrogens (tertiary/aromatic N) is 1. The molecule has 2 aromatic rings. The predicted octanol–water partition coefficient (Wildman–Crippen LogP) is 2.43. The zero-order valence-electron chi connectivity index (χ0n) is 9.17. The Labute approximate surface area is 104 Å². The maximum atomic E-state index is 11.8. The van der Waals surface area contributed by atoms with Crippen molar-refractivity contribution in [2.75, 3.05) is 0 Å². The lowest BCUT2D eigenvalue weighted by atomic mass is 10.1. The normalized spacial score (nSPS) is 22.1. The Morgan fingerprint density at radius 2 is 2.18 bits per heavy atom. The van der Waals surface area contributed by atoms with Gasteiger partial charge in [-0.05, 0) is 23.5 Å². The molecule has 0 spiro atoms. The molecule has 3 rings (SSSR count). The van der Waals surface area contributed by atoms with Gasteiger partial charge in [0.2, 0.25) is 0 Å². The van der Waals surface area contributed by atoms with Crippen LogP contribution in [0.4, 0.5) is 0 Å². The first-order chi connectivity index (χ1) is 8.34. The summed E-state index contributed by atoms with van der Waals surface area (Å²) < 4.78 is 3.93. The molecular formula is C13H12N2OS. The highest BCUT2D eigenvalue weighted by Gasteiger charge is 2.39. The predicted molar refractivity (Wildman–Crippen MR) is 67.2 cm³/mol. The van der Waals surface area contributed by atoms with E-state index in [1.165, 1.54) is 17.1 Å². The number of nitrogens with one attached hydrogen (secondary N) is 1. The standard InChI is InChI=1S/C13H12N2OS/c16-13(10-7-14-17-8-10)15-12-6-11(12)9-4-2-1-3-5-9/h1-5,7-8,11-12H,6H2,(H,15,16)/t11-,12+/m0/s1. The molecule has 0 saturated heterocycles. The summed E-state index contributed by atoms with van der Waals surface area (Å²) in [5, 5.41) is 4.81. The molecule has 4 heteroatoms. The number of carbonyl (C=O) groups is 1. The Balaban J connectivity index is 1.61. The largest absolute Gasteiger partial charge is 0.349 e. The van der Waals surface area contributed by atoms with Gasteiger partial charge in [0.1, 0.15) is 0 Å². The average Bonchev–Trinajstić information content (AvgIpc) is 2.92. The molecule has 0 unspecified atom stereocenters. The van der Waals surface area contributed by atoms with E-state index in [1.54, 1.807) is 11.6 Å². The van der Waals surface area contributed by atoms with Crippen molar-refractivity contribution >= 4 is 17.4 Å². The summed E-state index contributed by atoms with van der Waals surface area (Å²) >= 11 is 1.30. The van der Waals surface area contributed by atoms with E-state index in [-0.39, 0.29) is 11.9 Å². The molecule has 1 heterocycles. The van der Waals surface area contributed by atoms with Crippen LogP contribution in [-0.2, 0) is 0 Å². The third-order valence-corrected chi connectivity index (χ3v) is 3.62. The van der Waals surface area contributed by atoms with E-state index in [2.05, 4.69) is 21.8 Å². The fraction of sp³-hybridized carbons (Fsp3) is 0.231. The van der Waals surface area contributed by atoms with Crippen molar-refractivity contribution in [3.63, 3.8) is 0 Å². The van der Waals surface area contributed by atoms with E-state index in [0.29, 0.717) is 11.5 Å². The molecule has 1 amide bonds. The number of benzene rings is 1. The van der Waals surface area contributed by atoms with Crippen molar-refractivity contribution in [1.82, 2.24) is 9.69 Å². The van der Waals surface area contributed by atoms with E-state index < -0.39 is 0 Å². The van der Waals surface area contributed by atoms with Crippen LogP contribution in [0.25, 0.3) is 0 Å². The third-order valence-electron chi connectivity index (χ3n) is 3.03. The highest BCUT2D eigenvalue weighted by atomic mass is 32.1. The minimum absolute atomic E-state index is 0.0119. The number of carbonyl (C=O) groups excluding carboxylic acids is 1. The first-order valence-electron chi connectivity index (χ1n) is 5.60. The summed E-state index contributed by atoms with van der Waals surface area (Å²) in [4.78, 5) is 11.8. The number of rotatable bonds is 3. The Kier molecular flexibility index (Phi) is 2.65. The fourth-order valence-electron chi connectivity index (χ4n) is 1.99. The van der Waals surface area contributed by atoms with Crippen molar-refractivity contribution in [2.24, 2.45) is 0 Å². The summed E-state index contributed by atoms with van der Waals surface area (Å²) in [7, 11) is 0. The van der Waals surface area contributed by atoms with Crippen LogP contribution in [0, 0.1) is 0 Å². The molecule has 3 nitrogen and oxygen atoms in total. The number of hydrogen-bond acceptors (Lipinski definition) is 3. The highest BCUT2D eigenvalue weighted by Crippen LogP contribution is 2.40. The highest BCUT2D eigenvalue weighted by molar-refractivity contribution is 7.03. The second kappa shape index (κ2) is 4.30. The van der Waals surface area contributed by atoms with Gasteiger partial charge in [0.05, 0.1) is 11.8 Å². The second-order valence-electron chi connectivity index (χ2n) is 4.25. The van der Waals surface area contributed by atoms with Gasteiger partial charge >= 0.3 is 0 Å².